The minimum Gasteiger partial charge on any atom is -0.424 e. The quantitative estimate of drug-likeness (QED) is 0.755. The van der Waals surface area contributed by atoms with Gasteiger partial charge in [0.25, 0.3) is 0 Å². The summed E-state index contributed by atoms with van der Waals surface area (Å²) in [6.07, 6.45) is -3.32. The Hall–Kier alpha value is -3.36. The molecule has 1 aliphatic heterocycles. The van der Waals surface area contributed by atoms with Gasteiger partial charge in [0.15, 0.2) is 0 Å². The van der Waals surface area contributed by atoms with Crippen LogP contribution in [0.4, 0.5) is 24.7 Å². The highest BCUT2D eigenvalue weighted by Gasteiger charge is 2.36. The molecular weight excluding hydrogens is 359 g/mol. The van der Waals surface area contributed by atoms with Gasteiger partial charge in [-0.3, -0.25) is 0 Å². The Balaban J connectivity index is 1.95. The highest BCUT2D eigenvalue weighted by Crippen LogP contribution is 2.41. The van der Waals surface area contributed by atoms with Crippen LogP contribution in [0.1, 0.15) is 17.1 Å². The number of rotatable bonds is 3. The van der Waals surface area contributed by atoms with Crippen LogP contribution in [0, 0.1) is 0 Å². The molecule has 0 atom stereocenters. The number of nitrogens with zero attached hydrogens (tertiary/aromatic N) is 4. The first kappa shape index (κ1) is 17.1. The molecule has 1 aliphatic rings. The topological polar surface area (TPSA) is 67.1 Å². The second-order valence-electron chi connectivity index (χ2n) is 5.83. The van der Waals surface area contributed by atoms with Gasteiger partial charge >= 0.3 is 6.18 Å². The van der Waals surface area contributed by atoms with Gasteiger partial charge < -0.3 is 14.6 Å². The summed E-state index contributed by atoms with van der Waals surface area (Å²) in [5.41, 5.74) is 1.56. The largest absolute Gasteiger partial charge is 0.433 e. The van der Waals surface area contributed by atoms with Gasteiger partial charge in [0.05, 0.1) is 17.8 Å². The number of hydrogen-bond acceptors (Lipinski definition) is 6. The molecular formula is C18H14F3N5O. The molecule has 27 heavy (non-hydrogen) atoms. The number of nitrogens with one attached hydrogen (secondary N) is 1. The summed E-state index contributed by atoms with van der Waals surface area (Å²) in [4.78, 5) is 5.62. The standard InChI is InChI=1S/C18H14F3N5O/c1-22-15-12-7-8-14(18(19,20)21)24-16(12)26(11-5-3-2-4-6-11)9-13(15)17-25-23-10-27-17/h2-8,10,22H,9H2,1H3. The molecule has 1 aromatic carbocycles. The molecule has 6 nitrogen and oxygen atoms in total. The lowest BCUT2D eigenvalue weighted by atomic mass is 10.00. The van der Waals surface area contributed by atoms with E-state index in [0.29, 0.717) is 28.4 Å². The monoisotopic (exact) mass is 373 g/mol. The minimum absolute atomic E-state index is 0.212. The second kappa shape index (κ2) is 6.42. The number of hydrogen-bond donors (Lipinski definition) is 1. The van der Waals surface area contributed by atoms with Gasteiger partial charge in [0.2, 0.25) is 12.3 Å². The molecule has 0 saturated heterocycles. The molecule has 3 heterocycles. The molecule has 0 unspecified atom stereocenters. The number of anilines is 2. The molecule has 0 fully saturated rings. The predicted molar refractivity (Wildman–Crippen MR) is 92.9 cm³/mol. The van der Waals surface area contributed by atoms with Crippen molar-refractivity contribution in [3.8, 4) is 0 Å². The zero-order valence-electron chi connectivity index (χ0n) is 14.2. The number of pyridine rings is 1. The van der Waals surface area contributed by atoms with Crippen molar-refractivity contribution < 1.29 is 17.6 Å². The van der Waals surface area contributed by atoms with E-state index >= 15 is 0 Å². The van der Waals surface area contributed by atoms with Crippen LogP contribution in [0.25, 0.3) is 11.3 Å². The number of alkyl halides is 3. The van der Waals surface area contributed by atoms with E-state index in [1.807, 2.05) is 30.3 Å². The summed E-state index contributed by atoms with van der Waals surface area (Å²) in [6, 6.07) is 11.4. The van der Waals surface area contributed by atoms with Gasteiger partial charge in [-0.1, -0.05) is 18.2 Å². The smallest absolute Gasteiger partial charge is 0.424 e. The van der Waals surface area contributed by atoms with Crippen molar-refractivity contribution in [2.24, 2.45) is 0 Å². The third-order valence-corrected chi connectivity index (χ3v) is 4.24. The number of para-hydroxylation sites is 1. The van der Waals surface area contributed by atoms with Crippen molar-refractivity contribution in [1.82, 2.24) is 20.5 Å². The first-order chi connectivity index (χ1) is 13.0. The molecule has 138 valence electrons. The fourth-order valence-electron chi connectivity index (χ4n) is 3.07. The fraction of sp³-hybridized carbons (Fsp3) is 0.167. The molecule has 0 spiro atoms. The van der Waals surface area contributed by atoms with Crippen LogP contribution in [0.5, 0.6) is 0 Å². The van der Waals surface area contributed by atoms with Gasteiger partial charge in [0.1, 0.15) is 11.5 Å². The first-order valence-corrected chi connectivity index (χ1v) is 8.07. The lowest BCUT2D eigenvalue weighted by Crippen LogP contribution is -2.30. The molecule has 0 saturated carbocycles. The van der Waals surface area contributed by atoms with E-state index in [1.165, 1.54) is 12.5 Å². The molecule has 0 amide bonds. The van der Waals surface area contributed by atoms with Crippen LogP contribution in [0.2, 0.25) is 0 Å². The minimum atomic E-state index is -4.53. The average Bonchev–Trinajstić information content (AvgIpc) is 3.20. The molecule has 2 aromatic heterocycles. The van der Waals surface area contributed by atoms with Crippen LogP contribution in [0.15, 0.2) is 53.3 Å². The van der Waals surface area contributed by atoms with Crippen LogP contribution >= 0.6 is 0 Å². The van der Waals surface area contributed by atoms with Crippen LogP contribution in [-0.4, -0.2) is 28.8 Å². The van der Waals surface area contributed by atoms with E-state index < -0.39 is 11.9 Å². The van der Waals surface area contributed by atoms with Crippen LogP contribution < -0.4 is 10.2 Å². The Morgan fingerprint density at radius 3 is 2.52 bits per heavy atom. The number of aromatic nitrogens is 3. The zero-order valence-corrected chi connectivity index (χ0v) is 14.2. The van der Waals surface area contributed by atoms with Gasteiger partial charge in [-0.05, 0) is 24.3 Å². The van der Waals surface area contributed by atoms with Gasteiger partial charge in [-0.2, -0.15) is 13.2 Å². The van der Waals surface area contributed by atoms with E-state index in [1.54, 1.807) is 11.9 Å². The first-order valence-electron chi connectivity index (χ1n) is 8.07. The van der Waals surface area contributed by atoms with E-state index in [9.17, 15) is 13.2 Å². The third kappa shape index (κ3) is 3.01. The van der Waals surface area contributed by atoms with E-state index in [0.717, 1.165) is 6.07 Å². The van der Waals surface area contributed by atoms with E-state index in [-0.39, 0.29) is 12.4 Å². The third-order valence-electron chi connectivity index (χ3n) is 4.24. The Morgan fingerprint density at radius 2 is 1.89 bits per heavy atom. The zero-order chi connectivity index (χ0) is 19.0. The molecule has 3 aromatic rings. The molecule has 0 bridgehead atoms. The fourth-order valence-corrected chi connectivity index (χ4v) is 3.07. The maximum absolute atomic E-state index is 13.2. The van der Waals surface area contributed by atoms with Gasteiger partial charge in [0, 0.05) is 18.3 Å². The SMILES string of the molecule is CNC1=C(c2nnco2)CN(c2ccccc2)c2nc(C(F)(F)F)ccc21. The van der Waals surface area contributed by atoms with Gasteiger partial charge in [-0.15, -0.1) is 10.2 Å². The number of halogens is 3. The number of fused-ring (bicyclic) bond motifs is 1. The van der Waals surface area contributed by atoms with E-state index in [2.05, 4.69) is 20.5 Å². The summed E-state index contributed by atoms with van der Waals surface area (Å²) < 4.78 is 45.0. The number of benzene rings is 1. The van der Waals surface area contributed by atoms with Crippen molar-refractivity contribution in [3.63, 3.8) is 0 Å². The normalized spacial score (nSPS) is 14.3. The molecule has 1 N–H and O–H groups in total. The molecule has 0 radical (unpaired) electrons. The van der Waals surface area contributed by atoms with Gasteiger partial charge in [-0.25, -0.2) is 4.98 Å². The second-order valence-corrected chi connectivity index (χ2v) is 5.83. The summed E-state index contributed by atoms with van der Waals surface area (Å²) in [5, 5.41) is 10.7. The van der Waals surface area contributed by atoms with Crippen molar-refractivity contribution in [1.29, 1.82) is 0 Å². The molecule has 9 heteroatoms. The van der Waals surface area contributed by atoms with Crippen LogP contribution in [-0.2, 0) is 6.18 Å². The lowest BCUT2D eigenvalue weighted by molar-refractivity contribution is -0.141. The predicted octanol–water partition coefficient (Wildman–Crippen LogP) is 3.72. The summed E-state index contributed by atoms with van der Waals surface area (Å²) in [5.74, 6) is 0.509. The van der Waals surface area contributed by atoms with E-state index in [4.69, 9.17) is 4.42 Å². The summed E-state index contributed by atoms with van der Waals surface area (Å²) in [6.45, 7) is 0.226. The van der Waals surface area contributed by atoms with Crippen LogP contribution in [0.3, 0.4) is 0 Å². The maximum atomic E-state index is 13.2. The van der Waals surface area contributed by atoms with Crippen molar-refractivity contribution in [2.75, 3.05) is 18.5 Å². The Bertz CT molecular complexity index is 984. The van der Waals surface area contributed by atoms with Crippen molar-refractivity contribution in [3.05, 3.63) is 66.0 Å². The lowest BCUT2D eigenvalue weighted by Gasteiger charge is -2.32. The van der Waals surface area contributed by atoms with Crippen molar-refractivity contribution >= 4 is 22.8 Å². The Kier molecular flexibility index (Phi) is 4.06. The molecule has 4 rings (SSSR count). The Labute approximate surface area is 152 Å². The highest BCUT2D eigenvalue weighted by atomic mass is 19.4. The van der Waals surface area contributed by atoms with Crippen molar-refractivity contribution in [2.45, 2.75) is 6.18 Å². The average molecular weight is 373 g/mol. The summed E-state index contributed by atoms with van der Waals surface area (Å²) >= 11 is 0. The maximum Gasteiger partial charge on any atom is 0.433 e. The summed E-state index contributed by atoms with van der Waals surface area (Å²) in [7, 11) is 1.69. The Morgan fingerprint density at radius 1 is 1.11 bits per heavy atom. The highest BCUT2D eigenvalue weighted by molar-refractivity contribution is 5.97. The molecule has 0 aliphatic carbocycles.